The zero-order valence-corrected chi connectivity index (χ0v) is 11.0. The maximum absolute atomic E-state index is 12.4. The molecule has 1 aliphatic carbocycles. The van der Waals surface area contributed by atoms with E-state index in [1.807, 2.05) is 0 Å². The summed E-state index contributed by atoms with van der Waals surface area (Å²) in [5.74, 6) is 1.88. The van der Waals surface area contributed by atoms with Crippen molar-refractivity contribution >= 4 is 5.82 Å². The molecule has 0 aliphatic heterocycles. The summed E-state index contributed by atoms with van der Waals surface area (Å²) in [7, 11) is 0. The molecule has 19 heavy (non-hydrogen) atoms. The fraction of sp³-hybridized carbons (Fsp3) is 0.643. The number of anilines is 1. The van der Waals surface area contributed by atoms with Gasteiger partial charge >= 0.3 is 6.18 Å². The number of rotatable bonds is 3. The second kappa shape index (κ2) is 5.80. The smallest absolute Gasteiger partial charge is 0.370 e. The molecule has 2 unspecified atom stereocenters. The Morgan fingerprint density at radius 2 is 2.11 bits per heavy atom. The Balaban J connectivity index is 1.86. The van der Waals surface area contributed by atoms with E-state index in [-0.39, 0.29) is 0 Å². The predicted molar refractivity (Wildman–Crippen MR) is 68.9 cm³/mol. The van der Waals surface area contributed by atoms with Gasteiger partial charge in [0, 0.05) is 12.7 Å². The summed E-state index contributed by atoms with van der Waals surface area (Å²) in [6, 6.07) is 2.47. The Labute approximate surface area is 111 Å². The Hall–Kier alpha value is -1.26. The normalized spacial score (nSPS) is 24.2. The van der Waals surface area contributed by atoms with Gasteiger partial charge in [0.1, 0.15) is 5.82 Å². The SMILES string of the molecule is CC1CCCC(CNc2ccc(C(F)(F)F)cn2)C1. The van der Waals surface area contributed by atoms with Crippen LogP contribution in [0.25, 0.3) is 0 Å². The van der Waals surface area contributed by atoms with Crippen molar-refractivity contribution in [3.63, 3.8) is 0 Å². The van der Waals surface area contributed by atoms with E-state index in [0.29, 0.717) is 11.7 Å². The molecular weight excluding hydrogens is 253 g/mol. The summed E-state index contributed by atoms with van der Waals surface area (Å²) in [6.07, 6.45) is 1.48. The van der Waals surface area contributed by atoms with Gasteiger partial charge in [-0.15, -0.1) is 0 Å². The maximum atomic E-state index is 12.4. The van der Waals surface area contributed by atoms with Gasteiger partial charge in [-0.1, -0.05) is 19.8 Å². The Morgan fingerprint density at radius 1 is 1.32 bits per heavy atom. The Bertz CT molecular complexity index is 400. The van der Waals surface area contributed by atoms with Crippen molar-refractivity contribution in [2.24, 2.45) is 11.8 Å². The molecule has 2 nitrogen and oxygen atoms in total. The number of alkyl halides is 3. The van der Waals surface area contributed by atoms with E-state index in [1.54, 1.807) is 0 Å². The molecule has 1 aliphatic rings. The highest BCUT2D eigenvalue weighted by molar-refractivity contribution is 5.36. The monoisotopic (exact) mass is 272 g/mol. The lowest BCUT2D eigenvalue weighted by Crippen LogP contribution is -2.21. The van der Waals surface area contributed by atoms with Gasteiger partial charge in [-0.3, -0.25) is 0 Å². The van der Waals surface area contributed by atoms with Gasteiger partial charge in [-0.05, 0) is 36.8 Å². The van der Waals surface area contributed by atoms with Crippen LogP contribution in [0.2, 0.25) is 0 Å². The van der Waals surface area contributed by atoms with Crippen LogP contribution in [0.15, 0.2) is 18.3 Å². The second-order valence-corrected chi connectivity index (χ2v) is 5.45. The van der Waals surface area contributed by atoms with Gasteiger partial charge in [0.15, 0.2) is 0 Å². The first kappa shape index (κ1) is 14.2. The van der Waals surface area contributed by atoms with Crippen LogP contribution in [0.3, 0.4) is 0 Å². The minimum atomic E-state index is -4.32. The zero-order valence-electron chi connectivity index (χ0n) is 11.0. The minimum Gasteiger partial charge on any atom is -0.370 e. The van der Waals surface area contributed by atoms with Gasteiger partial charge < -0.3 is 5.32 Å². The van der Waals surface area contributed by atoms with Crippen LogP contribution >= 0.6 is 0 Å². The average Bonchev–Trinajstić information content (AvgIpc) is 2.36. The van der Waals surface area contributed by atoms with Gasteiger partial charge in [-0.25, -0.2) is 4.98 Å². The highest BCUT2D eigenvalue weighted by Crippen LogP contribution is 2.30. The van der Waals surface area contributed by atoms with Crippen molar-refractivity contribution < 1.29 is 13.2 Å². The molecule has 0 spiro atoms. The molecular formula is C14H19F3N2. The lowest BCUT2D eigenvalue weighted by Gasteiger charge is -2.26. The van der Waals surface area contributed by atoms with Crippen molar-refractivity contribution in [2.45, 2.75) is 38.8 Å². The molecule has 0 amide bonds. The lowest BCUT2D eigenvalue weighted by atomic mass is 9.82. The molecule has 2 rings (SSSR count). The van der Waals surface area contributed by atoms with Gasteiger partial charge in [0.05, 0.1) is 5.56 Å². The predicted octanol–water partition coefficient (Wildman–Crippen LogP) is 4.34. The quantitative estimate of drug-likeness (QED) is 0.885. The van der Waals surface area contributed by atoms with Gasteiger partial charge in [0.2, 0.25) is 0 Å². The molecule has 2 atom stereocenters. The van der Waals surface area contributed by atoms with E-state index in [9.17, 15) is 13.2 Å². The Morgan fingerprint density at radius 3 is 2.68 bits per heavy atom. The summed E-state index contributed by atoms with van der Waals surface area (Å²) in [6.45, 7) is 3.05. The first-order valence-corrected chi connectivity index (χ1v) is 6.72. The van der Waals surface area contributed by atoms with Crippen LogP contribution < -0.4 is 5.32 Å². The number of nitrogens with one attached hydrogen (secondary N) is 1. The number of halogens is 3. The summed E-state index contributed by atoms with van der Waals surface area (Å²) in [4.78, 5) is 3.82. The van der Waals surface area contributed by atoms with Crippen LogP contribution in [0.1, 0.15) is 38.2 Å². The lowest BCUT2D eigenvalue weighted by molar-refractivity contribution is -0.137. The molecule has 106 valence electrons. The number of hydrogen-bond donors (Lipinski definition) is 1. The maximum Gasteiger partial charge on any atom is 0.417 e. The molecule has 1 N–H and O–H groups in total. The van der Waals surface area contributed by atoms with Crippen LogP contribution in [0.4, 0.5) is 19.0 Å². The number of hydrogen-bond acceptors (Lipinski definition) is 2. The third kappa shape index (κ3) is 4.11. The first-order chi connectivity index (χ1) is 8.95. The third-order valence-corrected chi connectivity index (χ3v) is 3.71. The summed E-state index contributed by atoms with van der Waals surface area (Å²) in [5, 5.41) is 3.14. The first-order valence-electron chi connectivity index (χ1n) is 6.72. The largest absolute Gasteiger partial charge is 0.417 e. The van der Waals surface area contributed by atoms with Crippen molar-refractivity contribution in [1.82, 2.24) is 4.98 Å². The van der Waals surface area contributed by atoms with Crippen LogP contribution in [0.5, 0.6) is 0 Å². The van der Waals surface area contributed by atoms with E-state index in [1.165, 1.54) is 31.7 Å². The zero-order chi connectivity index (χ0) is 13.9. The number of aromatic nitrogens is 1. The molecule has 1 fully saturated rings. The molecule has 0 aromatic carbocycles. The topological polar surface area (TPSA) is 24.9 Å². The molecule has 1 saturated carbocycles. The van der Waals surface area contributed by atoms with E-state index >= 15 is 0 Å². The third-order valence-electron chi connectivity index (χ3n) is 3.71. The van der Waals surface area contributed by atoms with Crippen molar-refractivity contribution in [1.29, 1.82) is 0 Å². The van der Waals surface area contributed by atoms with Crippen LogP contribution in [0, 0.1) is 11.8 Å². The second-order valence-electron chi connectivity index (χ2n) is 5.45. The molecule has 1 aromatic rings. The van der Waals surface area contributed by atoms with Crippen LogP contribution in [-0.2, 0) is 6.18 Å². The highest BCUT2D eigenvalue weighted by Gasteiger charge is 2.30. The average molecular weight is 272 g/mol. The van der Waals surface area contributed by atoms with E-state index in [4.69, 9.17) is 0 Å². The Kier molecular flexibility index (Phi) is 4.32. The van der Waals surface area contributed by atoms with E-state index in [0.717, 1.165) is 24.7 Å². The molecule has 1 aromatic heterocycles. The fourth-order valence-electron chi connectivity index (χ4n) is 2.66. The van der Waals surface area contributed by atoms with Crippen LogP contribution in [-0.4, -0.2) is 11.5 Å². The van der Waals surface area contributed by atoms with Crippen molar-refractivity contribution in [3.05, 3.63) is 23.9 Å². The fourth-order valence-corrected chi connectivity index (χ4v) is 2.66. The standard InChI is InChI=1S/C14H19F3N2/c1-10-3-2-4-11(7-10)8-18-13-6-5-12(9-19-13)14(15,16)17/h5-6,9-11H,2-4,7-8H2,1H3,(H,18,19). The van der Waals surface area contributed by atoms with Crippen molar-refractivity contribution in [3.8, 4) is 0 Å². The molecule has 1 heterocycles. The van der Waals surface area contributed by atoms with Crippen molar-refractivity contribution in [2.75, 3.05) is 11.9 Å². The summed E-state index contributed by atoms with van der Waals surface area (Å²) >= 11 is 0. The molecule has 0 saturated heterocycles. The summed E-state index contributed by atoms with van der Waals surface area (Å²) in [5.41, 5.74) is -0.704. The molecule has 0 radical (unpaired) electrons. The number of pyridine rings is 1. The highest BCUT2D eigenvalue weighted by atomic mass is 19.4. The van der Waals surface area contributed by atoms with Gasteiger partial charge in [-0.2, -0.15) is 13.2 Å². The number of nitrogens with zero attached hydrogens (tertiary/aromatic N) is 1. The minimum absolute atomic E-state index is 0.520. The van der Waals surface area contributed by atoms with E-state index in [2.05, 4.69) is 17.2 Å². The molecule has 5 heteroatoms. The summed E-state index contributed by atoms with van der Waals surface area (Å²) < 4.78 is 37.1. The van der Waals surface area contributed by atoms with E-state index < -0.39 is 11.7 Å². The van der Waals surface area contributed by atoms with Gasteiger partial charge in [0.25, 0.3) is 0 Å². The molecule has 0 bridgehead atoms.